The Labute approximate surface area is 150 Å². The molecule has 0 spiro atoms. The molecular weight excluding hydrogens is 328 g/mol. The van der Waals surface area contributed by atoms with Gasteiger partial charge in [-0.25, -0.2) is 15.0 Å². The van der Waals surface area contributed by atoms with Gasteiger partial charge in [-0.05, 0) is 17.7 Å². The van der Waals surface area contributed by atoms with Crippen LogP contribution >= 0.6 is 0 Å². The van der Waals surface area contributed by atoms with E-state index in [4.69, 9.17) is 5.26 Å². The van der Waals surface area contributed by atoms with Gasteiger partial charge in [0.05, 0.1) is 28.5 Å². The minimum Gasteiger partial charge on any atom is -0.306 e. The summed E-state index contributed by atoms with van der Waals surface area (Å²) in [5.41, 5.74) is 3.82. The summed E-state index contributed by atoms with van der Waals surface area (Å²) >= 11 is 0. The van der Waals surface area contributed by atoms with Crippen LogP contribution in [0.15, 0.2) is 47.8 Å². The van der Waals surface area contributed by atoms with Crippen LogP contribution < -0.4 is 5.56 Å². The van der Waals surface area contributed by atoms with Crippen molar-refractivity contribution in [1.29, 1.82) is 5.26 Å². The number of fused-ring (bicyclic) bond motifs is 1. The molecule has 0 atom stereocenters. The summed E-state index contributed by atoms with van der Waals surface area (Å²) in [5.74, 6) is 0.504. The van der Waals surface area contributed by atoms with Crippen LogP contribution in [-0.4, -0.2) is 31.4 Å². The standard InChI is InChI=1S/C19H16N6O/c20-7-13-2-1-3-14(6-13)10-25-5-4-17-16(11-25)19(26)24-18(23-17)15-8-21-12-22-9-15/h1-3,6,8-9,12H,4-5,10-11H2,(H,23,24,26). The Morgan fingerprint density at radius 3 is 2.92 bits per heavy atom. The largest absolute Gasteiger partial charge is 0.306 e. The van der Waals surface area contributed by atoms with E-state index in [9.17, 15) is 4.79 Å². The second-order valence-corrected chi connectivity index (χ2v) is 6.24. The Balaban J connectivity index is 1.57. The SMILES string of the molecule is N#Cc1cccc(CN2CCc3nc(-c4cncnc4)[nH]c(=O)c3C2)c1. The van der Waals surface area contributed by atoms with Gasteiger partial charge in [0, 0.05) is 38.4 Å². The number of benzene rings is 1. The van der Waals surface area contributed by atoms with Gasteiger partial charge in [-0.15, -0.1) is 0 Å². The number of rotatable bonds is 3. The Hall–Kier alpha value is -3.37. The van der Waals surface area contributed by atoms with E-state index in [1.807, 2.05) is 18.2 Å². The number of hydrogen-bond acceptors (Lipinski definition) is 6. The smallest absolute Gasteiger partial charge is 0.255 e. The lowest BCUT2D eigenvalue weighted by atomic mass is 10.0. The average Bonchev–Trinajstić information content (AvgIpc) is 2.69. The predicted molar refractivity (Wildman–Crippen MR) is 94.9 cm³/mol. The molecule has 1 aromatic carbocycles. The van der Waals surface area contributed by atoms with Gasteiger partial charge in [-0.2, -0.15) is 5.26 Å². The molecule has 3 aromatic rings. The van der Waals surface area contributed by atoms with Crippen LogP contribution in [0.25, 0.3) is 11.4 Å². The van der Waals surface area contributed by atoms with E-state index in [-0.39, 0.29) is 5.56 Å². The number of nitrogens with one attached hydrogen (secondary N) is 1. The summed E-state index contributed by atoms with van der Waals surface area (Å²) in [4.78, 5) is 30.1. The average molecular weight is 344 g/mol. The van der Waals surface area contributed by atoms with E-state index < -0.39 is 0 Å². The Morgan fingerprint density at radius 1 is 1.27 bits per heavy atom. The Kier molecular flexibility index (Phi) is 4.25. The number of nitriles is 1. The number of aromatic amines is 1. The topological polar surface area (TPSA) is 98.6 Å². The first-order chi connectivity index (χ1) is 12.7. The molecule has 7 nitrogen and oxygen atoms in total. The number of H-pyrrole nitrogens is 1. The summed E-state index contributed by atoms with van der Waals surface area (Å²) in [6.07, 6.45) is 5.42. The van der Waals surface area contributed by atoms with Crippen molar-refractivity contribution < 1.29 is 0 Å². The predicted octanol–water partition coefficient (Wildman–Crippen LogP) is 1.66. The molecule has 0 saturated carbocycles. The fraction of sp³-hybridized carbons (Fsp3) is 0.211. The van der Waals surface area contributed by atoms with E-state index in [2.05, 4.69) is 30.9 Å². The van der Waals surface area contributed by atoms with Crippen molar-refractivity contribution in [3.8, 4) is 17.5 Å². The molecule has 26 heavy (non-hydrogen) atoms. The molecule has 2 aromatic heterocycles. The van der Waals surface area contributed by atoms with Crippen LogP contribution in [0.1, 0.15) is 22.4 Å². The van der Waals surface area contributed by atoms with Gasteiger partial charge >= 0.3 is 0 Å². The fourth-order valence-electron chi connectivity index (χ4n) is 3.17. The van der Waals surface area contributed by atoms with E-state index in [1.54, 1.807) is 18.5 Å². The third-order valence-electron chi connectivity index (χ3n) is 4.44. The van der Waals surface area contributed by atoms with Crippen molar-refractivity contribution >= 4 is 0 Å². The minimum atomic E-state index is -0.121. The molecule has 0 amide bonds. The summed E-state index contributed by atoms with van der Waals surface area (Å²) in [6.45, 7) is 2.05. The Bertz CT molecular complexity index is 1040. The van der Waals surface area contributed by atoms with Crippen LogP contribution in [0, 0.1) is 11.3 Å². The second kappa shape index (κ2) is 6.86. The molecule has 0 fully saturated rings. The maximum atomic E-state index is 12.6. The fourth-order valence-corrected chi connectivity index (χ4v) is 3.17. The summed E-state index contributed by atoms with van der Waals surface area (Å²) in [6, 6.07) is 9.71. The van der Waals surface area contributed by atoms with Crippen molar-refractivity contribution in [3.05, 3.63) is 75.7 Å². The number of hydrogen-bond donors (Lipinski definition) is 1. The van der Waals surface area contributed by atoms with E-state index in [0.717, 1.165) is 17.8 Å². The van der Waals surface area contributed by atoms with Crippen molar-refractivity contribution in [3.63, 3.8) is 0 Å². The number of nitrogens with zero attached hydrogens (tertiary/aromatic N) is 5. The highest BCUT2D eigenvalue weighted by molar-refractivity contribution is 5.52. The molecule has 3 heterocycles. The lowest BCUT2D eigenvalue weighted by Gasteiger charge is -2.27. The highest BCUT2D eigenvalue weighted by Crippen LogP contribution is 2.19. The first kappa shape index (κ1) is 16.1. The molecule has 0 saturated heterocycles. The third-order valence-corrected chi connectivity index (χ3v) is 4.44. The number of aromatic nitrogens is 4. The first-order valence-electron chi connectivity index (χ1n) is 8.32. The lowest BCUT2D eigenvalue weighted by molar-refractivity contribution is 0.242. The van der Waals surface area contributed by atoms with E-state index in [0.29, 0.717) is 42.0 Å². The van der Waals surface area contributed by atoms with Crippen LogP contribution in [0.2, 0.25) is 0 Å². The summed E-state index contributed by atoms with van der Waals surface area (Å²) in [5, 5.41) is 9.03. The van der Waals surface area contributed by atoms with Crippen LogP contribution in [0.5, 0.6) is 0 Å². The summed E-state index contributed by atoms with van der Waals surface area (Å²) < 4.78 is 0. The van der Waals surface area contributed by atoms with Gasteiger partial charge in [0.25, 0.3) is 5.56 Å². The lowest BCUT2D eigenvalue weighted by Crippen LogP contribution is -2.35. The van der Waals surface area contributed by atoms with Gasteiger partial charge < -0.3 is 4.98 Å². The molecule has 1 aliphatic heterocycles. The highest BCUT2D eigenvalue weighted by Gasteiger charge is 2.21. The molecular formula is C19H16N6O. The van der Waals surface area contributed by atoms with E-state index >= 15 is 0 Å². The molecule has 0 unspecified atom stereocenters. The second-order valence-electron chi connectivity index (χ2n) is 6.24. The van der Waals surface area contributed by atoms with Gasteiger partial charge in [-0.3, -0.25) is 9.69 Å². The Morgan fingerprint density at radius 2 is 2.12 bits per heavy atom. The van der Waals surface area contributed by atoms with Gasteiger partial charge in [0.15, 0.2) is 0 Å². The van der Waals surface area contributed by atoms with Gasteiger partial charge in [0.1, 0.15) is 12.2 Å². The zero-order valence-electron chi connectivity index (χ0n) is 14.0. The quantitative estimate of drug-likeness (QED) is 0.776. The van der Waals surface area contributed by atoms with Crippen molar-refractivity contribution in [1.82, 2.24) is 24.8 Å². The molecule has 128 valence electrons. The maximum absolute atomic E-state index is 12.6. The zero-order chi connectivity index (χ0) is 17.9. The molecule has 1 aliphatic rings. The monoisotopic (exact) mass is 344 g/mol. The molecule has 0 bridgehead atoms. The normalized spacial score (nSPS) is 13.8. The molecule has 1 N–H and O–H groups in total. The minimum absolute atomic E-state index is 0.121. The maximum Gasteiger partial charge on any atom is 0.255 e. The first-order valence-corrected chi connectivity index (χ1v) is 8.32. The van der Waals surface area contributed by atoms with Crippen molar-refractivity contribution in [2.24, 2.45) is 0 Å². The zero-order valence-corrected chi connectivity index (χ0v) is 14.0. The molecule has 7 heteroatoms. The molecule has 0 radical (unpaired) electrons. The molecule has 4 rings (SSSR count). The van der Waals surface area contributed by atoms with Gasteiger partial charge in [-0.1, -0.05) is 12.1 Å². The summed E-state index contributed by atoms with van der Waals surface area (Å²) in [7, 11) is 0. The highest BCUT2D eigenvalue weighted by atomic mass is 16.1. The third kappa shape index (κ3) is 3.23. The van der Waals surface area contributed by atoms with E-state index in [1.165, 1.54) is 6.33 Å². The van der Waals surface area contributed by atoms with Crippen LogP contribution in [-0.2, 0) is 19.5 Å². The van der Waals surface area contributed by atoms with Gasteiger partial charge in [0.2, 0.25) is 0 Å². The molecule has 0 aliphatic carbocycles. The van der Waals surface area contributed by atoms with Crippen LogP contribution in [0.3, 0.4) is 0 Å². The van der Waals surface area contributed by atoms with Crippen molar-refractivity contribution in [2.75, 3.05) is 6.54 Å². The van der Waals surface area contributed by atoms with Crippen LogP contribution in [0.4, 0.5) is 0 Å². The van der Waals surface area contributed by atoms with Crippen molar-refractivity contribution in [2.45, 2.75) is 19.5 Å².